The number of phenols is 1. The fraction of sp³-hybridized carbons (Fsp3) is 0.600. The Morgan fingerprint density at radius 3 is 2.13 bits per heavy atom. The lowest BCUT2D eigenvalue weighted by Crippen LogP contribution is -2.62. The molecular formula is C45H68N12O11. The van der Waals surface area contributed by atoms with Crippen LogP contribution in [0.2, 0.25) is 0 Å². The number of hydrogen-bond donors (Lipinski definition) is 11. The van der Waals surface area contributed by atoms with Crippen LogP contribution in [0.1, 0.15) is 89.8 Å². The summed E-state index contributed by atoms with van der Waals surface area (Å²) in [5, 5.41) is 36.0. The maximum Gasteiger partial charge on any atom is 0.344 e. The van der Waals surface area contributed by atoms with Gasteiger partial charge in [0.05, 0.1) is 12.9 Å². The molecule has 6 amide bonds. The van der Waals surface area contributed by atoms with E-state index in [4.69, 9.17) is 16.2 Å². The van der Waals surface area contributed by atoms with E-state index in [9.17, 15) is 48.6 Å². The maximum absolute atomic E-state index is 14.6. The molecule has 1 aromatic heterocycles. The molecule has 1 saturated heterocycles. The summed E-state index contributed by atoms with van der Waals surface area (Å²) in [5.74, 6) is -7.21. The number of carboxylic acid groups (broad SMARTS) is 1. The summed E-state index contributed by atoms with van der Waals surface area (Å²) >= 11 is 0. The van der Waals surface area contributed by atoms with Crippen LogP contribution in [0, 0.1) is 11.8 Å². The van der Waals surface area contributed by atoms with Crippen LogP contribution in [0.15, 0.2) is 41.8 Å². The Morgan fingerprint density at radius 2 is 1.51 bits per heavy atom. The van der Waals surface area contributed by atoms with Gasteiger partial charge in [-0.1, -0.05) is 45.2 Å². The minimum absolute atomic E-state index is 0.0312. The monoisotopic (exact) mass is 953 g/mol. The number of nitrogens with zero attached hydrogens (tertiary/aromatic N) is 3. The van der Waals surface area contributed by atoms with Crippen LogP contribution in [0.4, 0.5) is 0 Å². The zero-order chi connectivity index (χ0) is 49.9. The van der Waals surface area contributed by atoms with E-state index in [0.717, 1.165) is 19.3 Å². The number of ether oxygens (including phenoxy) is 1. The molecule has 1 saturated carbocycles. The van der Waals surface area contributed by atoms with Gasteiger partial charge in [-0.3, -0.25) is 33.8 Å². The summed E-state index contributed by atoms with van der Waals surface area (Å²) in [5.41, 5.74) is 11.9. The number of H-pyrrole nitrogens is 1. The van der Waals surface area contributed by atoms with Crippen LogP contribution in [-0.2, 0) is 55.9 Å². The number of phenolic OH excluding ortho intramolecular Hbond substituents is 1. The summed E-state index contributed by atoms with van der Waals surface area (Å²) < 4.78 is 5.13. The number of nitrogens with two attached hydrogens (primary N) is 2. The van der Waals surface area contributed by atoms with E-state index >= 15 is 0 Å². The first-order valence-corrected chi connectivity index (χ1v) is 23.1. The van der Waals surface area contributed by atoms with Gasteiger partial charge in [0, 0.05) is 37.8 Å². The SMILES string of the molecule is CNCC(=O)N[C@@H](CCCN=C(N)N)C(=O)N[C@H](C(=O)N[C@@H](Cc1ccc(O)cc1)C(=O)N[C@H](C(=O)N[C@@H](Cc1cnc[nH]1)C(=O)N1CCC[C@H]1C(=O)O[C@@H](C)C(=O)O)C1CCCCC1)C(C)C. The number of aromatic amines is 1. The highest BCUT2D eigenvalue weighted by Crippen LogP contribution is 2.28. The molecule has 374 valence electrons. The molecule has 0 unspecified atom stereocenters. The predicted molar refractivity (Wildman–Crippen MR) is 247 cm³/mol. The summed E-state index contributed by atoms with van der Waals surface area (Å²) in [6.45, 7) is 4.84. The summed E-state index contributed by atoms with van der Waals surface area (Å²) in [6.07, 6.45) is 5.91. The van der Waals surface area contributed by atoms with Gasteiger partial charge in [0.15, 0.2) is 12.1 Å². The number of guanidine groups is 1. The Balaban J connectivity index is 1.62. The second-order valence-electron chi connectivity index (χ2n) is 17.6. The highest BCUT2D eigenvalue weighted by Gasteiger charge is 2.42. The van der Waals surface area contributed by atoms with Crippen molar-refractivity contribution in [3.8, 4) is 5.75 Å². The normalized spacial score (nSPS) is 17.6. The lowest BCUT2D eigenvalue weighted by molar-refractivity contribution is -0.167. The lowest BCUT2D eigenvalue weighted by atomic mass is 9.83. The fourth-order valence-corrected chi connectivity index (χ4v) is 8.28. The highest BCUT2D eigenvalue weighted by atomic mass is 16.6. The molecule has 23 nitrogen and oxygen atoms in total. The minimum Gasteiger partial charge on any atom is -0.508 e. The van der Waals surface area contributed by atoms with Crippen molar-refractivity contribution >= 4 is 53.3 Å². The second-order valence-corrected chi connectivity index (χ2v) is 17.6. The van der Waals surface area contributed by atoms with Gasteiger partial charge in [-0.25, -0.2) is 14.6 Å². The van der Waals surface area contributed by atoms with Crippen molar-refractivity contribution in [2.75, 3.05) is 26.7 Å². The van der Waals surface area contributed by atoms with E-state index < -0.39 is 95.7 Å². The average Bonchev–Trinajstić information content (AvgIpc) is 4.01. The molecule has 0 spiro atoms. The first kappa shape index (κ1) is 53.8. The first-order chi connectivity index (χ1) is 32.4. The fourth-order valence-electron chi connectivity index (χ4n) is 8.28. The van der Waals surface area contributed by atoms with Gasteiger partial charge in [-0.05, 0) is 82.0 Å². The number of aliphatic carboxylic acids is 1. The number of carbonyl (C=O) groups is 8. The molecule has 13 N–H and O–H groups in total. The minimum atomic E-state index is -1.45. The third kappa shape index (κ3) is 16.5. The molecule has 2 aromatic rings. The summed E-state index contributed by atoms with van der Waals surface area (Å²) in [4.78, 5) is 121. The van der Waals surface area contributed by atoms with E-state index in [1.165, 1.54) is 36.5 Å². The van der Waals surface area contributed by atoms with Gasteiger partial charge in [0.1, 0.15) is 42.0 Å². The third-order valence-corrected chi connectivity index (χ3v) is 11.9. The topological polar surface area (TPSA) is 355 Å². The number of likely N-dealkylation sites (tertiary alicyclic amines) is 1. The Bertz CT molecular complexity index is 2060. The van der Waals surface area contributed by atoms with Crippen LogP contribution < -0.4 is 43.4 Å². The molecule has 1 aliphatic carbocycles. The summed E-state index contributed by atoms with van der Waals surface area (Å²) in [6, 6.07) is -1.17. The Kier molecular flexibility index (Phi) is 21.0. The van der Waals surface area contributed by atoms with Gasteiger partial charge in [-0.15, -0.1) is 0 Å². The average molecular weight is 953 g/mol. The first-order valence-electron chi connectivity index (χ1n) is 23.1. The quantitative estimate of drug-likeness (QED) is 0.0242. The number of likely N-dealkylation sites (N-methyl/N-ethyl adjacent to an activating group) is 1. The molecule has 2 heterocycles. The number of carbonyl (C=O) groups excluding carboxylic acids is 7. The van der Waals surface area contributed by atoms with Crippen molar-refractivity contribution in [1.82, 2.24) is 46.8 Å². The van der Waals surface area contributed by atoms with Crippen LogP contribution in [0.3, 0.4) is 0 Å². The molecule has 0 bridgehead atoms. The van der Waals surface area contributed by atoms with Crippen LogP contribution in [-0.4, -0.2) is 147 Å². The van der Waals surface area contributed by atoms with Gasteiger partial charge in [0.2, 0.25) is 35.4 Å². The molecule has 0 radical (unpaired) electrons. The third-order valence-electron chi connectivity index (χ3n) is 11.9. The van der Waals surface area contributed by atoms with Crippen LogP contribution >= 0.6 is 0 Å². The number of nitrogens with one attached hydrogen (secondary N) is 7. The Morgan fingerprint density at radius 1 is 0.838 bits per heavy atom. The molecule has 1 aliphatic heterocycles. The molecule has 23 heteroatoms. The van der Waals surface area contributed by atoms with Crippen molar-refractivity contribution in [3.05, 3.63) is 48.0 Å². The zero-order valence-electron chi connectivity index (χ0n) is 39.1. The van der Waals surface area contributed by atoms with E-state index in [1.807, 2.05) is 0 Å². The van der Waals surface area contributed by atoms with E-state index in [-0.39, 0.29) is 62.9 Å². The lowest BCUT2D eigenvalue weighted by Gasteiger charge is -2.34. The Hall–Kier alpha value is -6.78. The van der Waals surface area contributed by atoms with Gasteiger partial charge in [-0.2, -0.15) is 0 Å². The zero-order valence-corrected chi connectivity index (χ0v) is 39.1. The maximum atomic E-state index is 14.6. The number of aliphatic imine (C=N–C) groups is 1. The molecule has 7 atom stereocenters. The molecule has 1 aromatic carbocycles. The van der Waals surface area contributed by atoms with Crippen molar-refractivity contribution in [2.45, 2.75) is 134 Å². The van der Waals surface area contributed by atoms with Crippen molar-refractivity contribution in [3.63, 3.8) is 0 Å². The molecule has 2 aliphatic rings. The van der Waals surface area contributed by atoms with Crippen molar-refractivity contribution in [1.29, 1.82) is 0 Å². The predicted octanol–water partition coefficient (Wildman–Crippen LogP) is -1.16. The van der Waals surface area contributed by atoms with E-state index in [1.54, 1.807) is 33.0 Å². The number of amides is 6. The van der Waals surface area contributed by atoms with Gasteiger partial charge in [0.25, 0.3) is 0 Å². The van der Waals surface area contributed by atoms with Gasteiger partial charge >= 0.3 is 11.9 Å². The number of aromatic nitrogens is 2. The largest absolute Gasteiger partial charge is 0.508 e. The molecular weight excluding hydrogens is 885 g/mol. The number of hydrogen-bond acceptors (Lipinski definition) is 13. The number of esters is 1. The van der Waals surface area contributed by atoms with Crippen molar-refractivity contribution in [2.24, 2.45) is 28.3 Å². The number of rotatable bonds is 25. The number of carboxylic acids is 1. The molecule has 68 heavy (non-hydrogen) atoms. The van der Waals surface area contributed by atoms with Crippen molar-refractivity contribution < 1.29 is 53.3 Å². The van der Waals surface area contributed by atoms with Crippen LogP contribution in [0.25, 0.3) is 0 Å². The standard InChI is InChI=1S/C45H68N12O11/c1-25(2)36(55-38(60)31(52-35(59)23-48-4)12-8-18-50-45(46)47)40(62)53-32(20-27-14-16-30(58)17-15-27)39(61)56-37(28-10-6-5-7-11-28)41(63)54-33(21-29-22-49-24-51-29)42(64)57-19-9-13-34(57)44(67)68-26(3)43(65)66/h14-17,22,24-26,28,31-34,36-37,48,58H,5-13,18-21,23H2,1-4H3,(H,49,51)(H,52,59)(H,53,62)(H,54,63)(H,55,60)(H,56,61)(H,65,66)(H4,46,47,50)/t26-,31-,32-,33-,34-,36-,37-/m0/s1. The highest BCUT2D eigenvalue weighted by molar-refractivity contribution is 5.97. The second kappa shape index (κ2) is 26.5. The Labute approximate surface area is 395 Å². The van der Waals surface area contributed by atoms with Crippen LogP contribution in [0.5, 0.6) is 5.75 Å². The smallest absolute Gasteiger partial charge is 0.344 e. The van der Waals surface area contributed by atoms with E-state index in [0.29, 0.717) is 36.9 Å². The number of imidazole rings is 1. The van der Waals surface area contributed by atoms with E-state index in [2.05, 4.69) is 46.9 Å². The number of benzene rings is 1. The van der Waals surface area contributed by atoms with Gasteiger partial charge < -0.3 is 68.2 Å². The number of aromatic hydroxyl groups is 1. The summed E-state index contributed by atoms with van der Waals surface area (Å²) in [7, 11) is 1.57. The molecule has 4 rings (SSSR count). The molecule has 2 fully saturated rings.